The standard InChI is InChI=1S/C22H28N2O2/c1-2-21(19-11-7-4-8-12-19)22(25)23-15-20-17-24(13-14-26-20)16-18-9-5-3-6-10-18/h3-12,20-21H,2,13-17H2,1H3,(H,23,25)/t20-,21+/m0/s1. The molecule has 1 aliphatic rings. The number of carbonyl (C=O) groups excluding carboxylic acids is 1. The smallest absolute Gasteiger partial charge is 0.227 e. The fraction of sp³-hybridized carbons (Fsp3) is 0.409. The van der Waals surface area contributed by atoms with Crippen molar-refractivity contribution < 1.29 is 9.53 Å². The Morgan fingerprint density at radius 1 is 1.15 bits per heavy atom. The van der Waals surface area contributed by atoms with Gasteiger partial charge in [0.2, 0.25) is 5.91 Å². The van der Waals surface area contributed by atoms with Crippen LogP contribution in [0.1, 0.15) is 30.4 Å². The Hall–Kier alpha value is -2.17. The lowest BCUT2D eigenvalue weighted by Crippen LogP contribution is -2.47. The van der Waals surface area contributed by atoms with Crippen molar-refractivity contribution in [2.45, 2.75) is 31.9 Å². The molecule has 0 aliphatic carbocycles. The number of hydrogen-bond donors (Lipinski definition) is 1. The van der Waals surface area contributed by atoms with E-state index in [0.29, 0.717) is 13.2 Å². The first kappa shape index (κ1) is 18.6. The Morgan fingerprint density at radius 2 is 1.85 bits per heavy atom. The molecule has 0 saturated carbocycles. The van der Waals surface area contributed by atoms with Crippen LogP contribution in [-0.4, -0.2) is 43.2 Å². The quantitative estimate of drug-likeness (QED) is 0.832. The van der Waals surface area contributed by atoms with Gasteiger partial charge in [-0.25, -0.2) is 0 Å². The molecule has 1 amide bonds. The molecule has 1 saturated heterocycles. The molecule has 0 bridgehead atoms. The molecule has 2 atom stereocenters. The summed E-state index contributed by atoms with van der Waals surface area (Å²) in [5.74, 6) is -0.0114. The summed E-state index contributed by atoms with van der Waals surface area (Å²) in [5, 5.41) is 3.10. The molecule has 138 valence electrons. The second-order valence-corrected chi connectivity index (χ2v) is 6.83. The minimum Gasteiger partial charge on any atom is -0.374 e. The van der Waals surface area contributed by atoms with E-state index >= 15 is 0 Å². The van der Waals surface area contributed by atoms with Gasteiger partial charge < -0.3 is 10.1 Å². The van der Waals surface area contributed by atoms with Crippen molar-refractivity contribution in [2.24, 2.45) is 0 Å². The predicted molar refractivity (Wildman–Crippen MR) is 104 cm³/mol. The van der Waals surface area contributed by atoms with Crippen LogP contribution < -0.4 is 5.32 Å². The van der Waals surface area contributed by atoms with Crippen molar-refractivity contribution in [1.29, 1.82) is 0 Å². The monoisotopic (exact) mass is 352 g/mol. The number of hydrogen-bond acceptors (Lipinski definition) is 3. The van der Waals surface area contributed by atoms with Gasteiger partial charge in [0.25, 0.3) is 0 Å². The molecule has 1 N–H and O–H groups in total. The van der Waals surface area contributed by atoms with Gasteiger partial charge in [-0.3, -0.25) is 9.69 Å². The fourth-order valence-electron chi connectivity index (χ4n) is 3.48. The molecule has 2 aromatic carbocycles. The molecule has 3 rings (SSSR count). The van der Waals surface area contributed by atoms with Crippen LogP contribution in [0.25, 0.3) is 0 Å². The molecule has 0 aromatic heterocycles. The van der Waals surface area contributed by atoms with Crippen molar-refractivity contribution in [3.63, 3.8) is 0 Å². The van der Waals surface area contributed by atoms with Crippen LogP contribution in [-0.2, 0) is 16.1 Å². The molecule has 1 fully saturated rings. The van der Waals surface area contributed by atoms with E-state index in [4.69, 9.17) is 4.74 Å². The number of ether oxygens (including phenoxy) is 1. The lowest BCUT2D eigenvalue weighted by molar-refractivity contribution is -0.123. The molecule has 0 spiro atoms. The normalized spacial score (nSPS) is 19.0. The summed E-state index contributed by atoms with van der Waals surface area (Å²) in [6.07, 6.45) is 0.839. The summed E-state index contributed by atoms with van der Waals surface area (Å²) < 4.78 is 5.86. The highest BCUT2D eigenvalue weighted by Crippen LogP contribution is 2.19. The van der Waals surface area contributed by atoms with Gasteiger partial charge in [-0.15, -0.1) is 0 Å². The van der Waals surface area contributed by atoms with Crippen LogP contribution in [0.2, 0.25) is 0 Å². The third-order valence-corrected chi connectivity index (χ3v) is 4.90. The third kappa shape index (κ3) is 5.16. The van der Waals surface area contributed by atoms with Gasteiger partial charge in [0.15, 0.2) is 0 Å². The first-order valence-corrected chi connectivity index (χ1v) is 9.46. The summed E-state index contributed by atoms with van der Waals surface area (Å²) in [4.78, 5) is 15.0. The Kier molecular flexibility index (Phi) is 6.81. The van der Waals surface area contributed by atoms with E-state index in [2.05, 4.69) is 41.4 Å². The highest BCUT2D eigenvalue weighted by atomic mass is 16.5. The number of carbonyl (C=O) groups is 1. The Bertz CT molecular complexity index is 675. The molecular formula is C22H28N2O2. The maximum atomic E-state index is 12.6. The summed E-state index contributed by atoms with van der Waals surface area (Å²) in [7, 11) is 0. The van der Waals surface area contributed by atoms with E-state index in [1.165, 1.54) is 5.56 Å². The molecule has 2 aromatic rings. The zero-order chi connectivity index (χ0) is 18.2. The number of nitrogens with one attached hydrogen (secondary N) is 1. The molecule has 1 heterocycles. The first-order valence-electron chi connectivity index (χ1n) is 9.46. The van der Waals surface area contributed by atoms with Gasteiger partial charge in [-0.05, 0) is 17.5 Å². The number of benzene rings is 2. The maximum Gasteiger partial charge on any atom is 0.227 e. The Balaban J connectivity index is 1.50. The van der Waals surface area contributed by atoms with Crippen LogP contribution in [0.15, 0.2) is 60.7 Å². The summed E-state index contributed by atoms with van der Waals surface area (Å²) in [6, 6.07) is 20.5. The molecule has 0 unspecified atom stereocenters. The SMILES string of the molecule is CC[C@@H](C(=O)NC[C@H]1CN(Cc2ccccc2)CCO1)c1ccccc1. The maximum absolute atomic E-state index is 12.6. The predicted octanol–water partition coefficient (Wildman–Crippen LogP) is 3.20. The highest BCUT2D eigenvalue weighted by molar-refractivity contribution is 5.83. The largest absolute Gasteiger partial charge is 0.374 e. The van der Waals surface area contributed by atoms with Gasteiger partial charge in [-0.2, -0.15) is 0 Å². The molecule has 4 heteroatoms. The number of nitrogens with zero attached hydrogens (tertiary/aromatic N) is 1. The van der Waals surface area contributed by atoms with Crippen LogP contribution in [0.4, 0.5) is 0 Å². The van der Waals surface area contributed by atoms with Gasteiger partial charge in [0, 0.05) is 26.2 Å². The van der Waals surface area contributed by atoms with Gasteiger partial charge in [0.1, 0.15) is 0 Å². The van der Waals surface area contributed by atoms with Crippen molar-refractivity contribution in [3.8, 4) is 0 Å². The minimum atomic E-state index is -0.0970. The average molecular weight is 352 g/mol. The second-order valence-electron chi connectivity index (χ2n) is 6.83. The Labute approximate surface area is 156 Å². The van der Waals surface area contributed by atoms with Gasteiger partial charge in [-0.1, -0.05) is 67.6 Å². The molecular weight excluding hydrogens is 324 g/mol. The van der Waals surface area contributed by atoms with Crippen LogP contribution in [0, 0.1) is 0 Å². The highest BCUT2D eigenvalue weighted by Gasteiger charge is 2.23. The summed E-state index contributed by atoms with van der Waals surface area (Å²) >= 11 is 0. The van der Waals surface area contributed by atoms with Gasteiger partial charge >= 0.3 is 0 Å². The Morgan fingerprint density at radius 3 is 2.54 bits per heavy atom. The van der Waals surface area contributed by atoms with Crippen LogP contribution in [0.5, 0.6) is 0 Å². The second kappa shape index (κ2) is 9.51. The number of rotatable bonds is 7. The number of amides is 1. The van der Waals surface area contributed by atoms with E-state index in [1.807, 2.05) is 36.4 Å². The topological polar surface area (TPSA) is 41.6 Å². The first-order chi connectivity index (χ1) is 12.8. The zero-order valence-electron chi connectivity index (χ0n) is 15.4. The van der Waals surface area contributed by atoms with Crippen molar-refractivity contribution >= 4 is 5.91 Å². The van der Waals surface area contributed by atoms with E-state index in [9.17, 15) is 4.79 Å². The van der Waals surface area contributed by atoms with E-state index in [-0.39, 0.29) is 17.9 Å². The summed E-state index contributed by atoms with van der Waals surface area (Å²) in [6.45, 7) is 6.03. The molecule has 4 nitrogen and oxygen atoms in total. The van der Waals surface area contributed by atoms with Crippen molar-refractivity contribution in [1.82, 2.24) is 10.2 Å². The lowest BCUT2D eigenvalue weighted by Gasteiger charge is -2.33. The van der Waals surface area contributed by atoms with E-state index in [0.717, 1.165) is 31.6 Å². The van der Waals surface area contributed by atoms with Gasteiger partial charge in [0.05, 0.1) is 18.6 Å². The van der Waals surface area contributed by atoms with Crippen LogP contribution >= 0.6 is 0 Å². The lowest BCUT2D eigenvalue weighted by atomic mass is 9.95. The fourth-order valence-corrected chi connectivity index (χ4v) is 3.48. The van der Waals surface area contributed by atoms with Crippen LogP contribution in [0.3, 0.4) is 0 Å². The summed E-state index contributed by atoms with van der Waals surface area (Å²) in [5.41, 5.74) is 2.38. The molecule has 26 heavy (non-hydrogen) atoms. The van der Waals surface area contributed by atoms with E-state index < -0.39 is 0 Å². The average Bonchev–Trinajstić information content (AvgIpc) is 2.69. The molecule has 1 aliphatic heterocycles. The van der Waals surface area contributed by atoms with E-state index in [1.54, 1.807) is 0 Å². The zero-order valence-corrected chi connectivity index (χ0v) is 15.4. The van der Waals surface area contributed by atoms with Crippen molar-refractivity contribution in [2.75, 3.05) is 26.2 Å². The van der Waals surface area contributed by atoms with Crippen molar-refractivity contribution in [3.05, 3.63) is 71.8 Å². The molecule has 0 radical (unpaired) electrons. The number of morpholine rings is 1. The third-order valence-electron chi connectivity index (χ3n) is 4.90. The minimum absolute atomic E-state index is 0.0460.